The van der Waals surface area contributed by atoms with Crippen molar-refractivity contribution in [2.24, 2.45) is 0 Å². The molecule has 0 radical (unpaired) electrons. The van der Waals surface area contributed by atoms with Crippen LogP contribution in [0.4, 0.5) is 11.4 Å². The van der Waals surface area contributed by atoms with E-state index in [0.29, 0.717) is 29.2 Å². The van der Waals surface area contributed by atoms with Crippen molar-refractivity contribution in [3.05, 3.63) is 52.5 Å². The topological polar surface area (TPSA) is 61.9 Å². The fourth-order valence-corrected chi connectivity index (χ4v) is 3.30. The maximum atomic E-state index is 12.5. The molecule has 7 heteroatoms. The first-order chi connectivity index (χ1) is 12.9. The van der Waals surface area contributed by atoms with E-state index in [1.807, 2.05) is 26.2 Å². The summed E-state index contributed by atoms with van der Waals surface area (Å²) in [6, 6.07) is 12.5. The molecule has 27 heavy (non-hydrogen) atoms. The lowest BCUT2D eigenvalue weighted by Crippen LogP contribution is -2.40. The van der Waals surface area contributed by atoms with Gasteiger partial charge in [-0.15, -0.1) is 0 Å². The molecule has 2 amide bonds. The fraction of sp³-hybridized carbons (Fsp3) is 0.300. The molecule has 0 saturated heterocycles. The number of carbonyl (C=O) groups excluding carboxylic acids is 2. The molecule has 0 aliphatic carbocycles. The van der Waals surface area contributed by atoms with Crippen LogP contribution >= 0.6 is 15.9 Å². The Balaban J connectivity index is 1.78. The molecule has 0 aromatic heterocycles. The average Bonchev–Trinajstić information content (AvgIpc) is 2.63. The van der Waals surface area contributed by atoms with Gasteiger partial charge in [-0.25, -0.2) is 0 Å². The maximum absolute atomic E-state index is 12.5. The molecule has 1 heterocycles. The second-order valence-corrected chi connectivity index (χ2v) is 7.55. The van der Waals surface area contributed by atoms with Gasteiger partial charge < -0.3 is 19.9 Å². The van der Waals surface area contributed by atoms with Gasteiger partial charge in [0.2, 0.25) is 0 Å². The van der Waals surface area contributed by atoms with E-state index in [4.69, 9.17) is 4.74 Å². The summed E-state index contributed by atoms with van der Waals surface area (Å²) in [7, 11) is 4.01. The molecular formula is C20H22BrN3O3. The zero-order valence-corrected chi connectivity index (χ0v) is 17.0. The normalized spacial score (nSPS) is 13.3. The summed E-state index contributed by atoms with van der Waals surface area (Å²) < 4.78 is 6.37. The SMILES string of the molecule is CN(C)CCCN1C(=O)COc2ccc(NC(=O)c3cccc(Br)c3)cc21. The van der Waals surface area contributed by atoms with Gasteiger partial charge in [-0.2, -0.15) is 0 Å². The minimum atomic E-state index is -0.210. The number of benzene rings is 2. The first-order valence-corrected chi connectivity index (χ1v) is 9.52. The van der Waals surface area contributed by atoms with Crippen LogP contribution < -0.4 is 15.0 Å². The molecule has 2 aromatic carbocycles. The summed E-state index contributed by atoms with van der Waals surface area (Å²) in [6.45, 7) is 1.54. The molecule has 0 atom stereocenters. The lowest BCUT2D eigenvalue weighted by molar-refractivity contribution is -0.121. The van der Waals surface area contributed by atoms with E-state index in [9.17, 15) is 9.59 Å². The second-order valence-electron chi connectivity index (χ2n) is 6.64. The standard InChI is InChI=1S/C20H22BrN3O3/c1-23(2)9-4-10-24-17-12-16(7-8-18(17)27-13-19(24)25)22-20(26)14-5-3-6-15(21)11-14/h3,5-8,11-12H,4,9-10,13H2,1-2H3,(H,22,26). The first-order valence-electron chi connectivity index (χ1n) is 8.73. The molecular weight excluding hydrogens is 410 g/mol. The average molecular weight is 432 g/mol. The van der Waals surface area contributed by atoms with Gasteiger partial charge in [0.25, 0.3) is 11.8 Å². The Bertz CT molecular complexity index is 854. The summed E-state index contributed by atoms with van der Waals surface area (Å²) in [6.07, 6.45) is 0.854. The van der Waals surface area contributed by atoms with Crippen molar-refractivity contribution in [3.8, 4) is 5.75 Å². The number of hydrogen-bond donors (Lipinski definition) is 1. The van der Waals surface area contributed by atoms with Crippen molar-refractivity contribution in [3.63, 3.8) is 0 Å². The Kier molecular flexibility index (Phi) is 6.13. The monoisotopic (exact) mass is 431 g/mol. The Labute approximate surface area is 167 Å². The summed E-state index contributed by atoms with van der Waals surface area (Å²) >= 11 is 3.37. The molecule has 1 aliphatic heterocycles. The zero-order valence-electron chi connectivity index (χ0n) is 15.4. The van der Waals surface area contributed by atoms with Crippen LogP contribution in [0.2, 0.25) is 0 Å². The molecule has 6 nitrogen and oxygen atoms in total. The molecule has 0 unspecified atom stereocenters. The van der Waals surface area contributed by atoms with Crippen molar-refractivity contribution in [1.29, 1.82) is 0 Å². The van der Waals surface area contributed by atoms with E-state index >= 15 is 0 Å². The van der Waals surface area contributed by atoms with Crippen molar-refractivity contribution in [2.75, 3.05) is 44.0 Å². The highest BCUT2D eigenvalue weighted by molar-refractivity contribution is 9.10. The molecule has 142 valence electrons. The van der Waals surface area contributed by atoms with Gasteiger partial charge in [-0.3, -0.25) is 9.59 Å². The van der Waals surface area contributed by atoms with Gasteiger partial charge in [-0.05, 0) is 63.5 Å². The van der Waals surface area contributed by atoms with Crippen molar-refractivity contribution < 1.29 is 14.3 Å². The maximum Gasteiger partial charge on any atom is 0.265 e. The van der Waals surface area contributed by atoms with E-state index in [1.165, 1.54) is 0 Å². The molecule has 2 aromatic rings. The quantitative estimate of drug-likeness (QED) is 0.761. The Morgan fingerprint density at radius 3 is 2.81 bits per heavy atom. The summed E-state index contributed by atoms with van der Waals surface area (Å²) in [4.78, 5) is 28.6. The minimum absolute atomic E-state index is 0.0404. The van der Waals surface area contributed by atoms with Crippen LogP contribution in [0.15, 0.2) is 46.9 Å². The highest BCUT2D eigenvalue weighted by atomic mass is 79.9. The lowest BCUT2D eigenvalue weighted by Gasteiger charge is -2.30. The van der Waals surface area contributed by atoms with Crippen molar-refractivity contribution in [1.82, 2.24) is 4.90 Å². The van der Waals surface area contributed by atoms with E-state index in [2.05, 4.69) is 26.1 Å². The number of nitrogens with zero attached hydrogens (tertiary/aromatic N) is 2. The van der Waals surface area contributed by atoms with Gasteiger partial charge in [0, 0.05) is 22.3 Å². The van der Waals surface area contributed by atoms with Gasteiger partial charge in [-0.1, -0.05) is 22.0 Å². The van der Waals surface area contributed by atoms with Crippen LogP contribution in [-0.4, -0.2) is 50.5 Å². The zero-order chi connectivity index (χ0) is 19.4. The van der Waals surface area contributed by atoms with Crippen LogP contribution in [0.5, 0.6) is 5.75 Å². The second kappa shape index (κ2) is 8.54. The molecule has 0 spiro atoms. The number of fused-ring (bicyclic) bond motifs is 1. The first kappa shape index (κ1) is 19.4. The summed E-state index contributed by atoms with van der Waals surface area (Å²) in [5.74, 6) is 0.370. The third-order valence-corrected chi connectivity index (χ3v) is 4.73. The fourth-order valence-electron chi connectivity index (χ4n) is 2.90. The van der Waals surface area contributed by atoms with Crippen LogP contribution in [-0.2, 0) is 4.79 Å². The van der Waals surface area contributed by atoms with Crippen molar-refractivity contribution in [2.45, 2.75) is 6.42 Å². The Hall–Kier alpha value is -2.38. The molecule has 1 N–H and O–H groups in total. The van der Waals surface area contributed by atoms with Crippen LogP contribution in [0, 0.1) is 0 Å². The Morgan fingerprint density at radius 2 is 2.07 bits per heavy atom. The van der Waals surface area contributed by atoms with E-state index in [0.717, 1.165) is 17.4 Å². The number of carbonyl (C=O) groups is 2. The van der Waals surface area contributed by atoms with Gasteiger partial charge >= 0.3 is 0 Å². The van der Waals surface area contributed by atoms with Crippen LogP contribution in [0.25, 0.3) is 0 Å². The Morgan fingerprint density at radius 1 is 1.26 bits per heavy atom. The molecule has 3 rings (SSSR count). The van der Waals surface area contributed by atoms with Gasteiger partial charge in [0.15, 0.2) is 6.61 Å². The molecule has 0 fully saturated rings. The number of ether oxygens (including phenoxy) is 1. The molecule has 1 aliphatic rings. The smallest absolute Gasteiger partial charge is 0.265 e. The number of hydrogen-bond acceptors (Lipinski definition) is 4. The van der Waals surface area contributed by atoms with E-state index < -0.39 is 0 Å². The van der Waals surface area contributed by atoms with Gasteiger partial charge in [0.1, 0.15) is 5.75 Å². The van der Waals surface area contributed by atoms with Crippen LogP contribution in [0.1, 0.15) is 16.8 Å². The van der Waals surface area contributed by atoms with E-state index in [1.54, 1.807) is 35.2 Å². The summed E-state index contributed by atoms with van der Waals surface area (Å²) in [5.41, 5.74) is 1.86. The highest BCUT2D eigenvalue weighted by Crippen LogP contribution is 2.34. The largest absolute Gasteiger partial charge is 0.482 e. The third-order valence-electron chi connectivity index (χ3n) is 4.23. The molecule has 0 bridgehead atoms. The predicted octanol–water partition coefficient (Wildman–Crippen LogP) is 3.38. The van der Waals surface area contributed by atoms with Crippen molar-refractivity contribution >= 4 is 39.1 Å². The minimum Gasteiger partial charge on any atom is -0.482 e. The third kappa shape index (κ3) is 4.87. The number of anilines is 2. The van der Waals surface area contributed by atoms with E-state index in [-0.39, 0.29) is 18.4 Å². The van der Waals surface area contributed by atoms with Gasteiger partial charge in [0.05, 0.1) is 5.69 Å². The lowest BCUT2D eigenvalue weighted by atomic mass is 10.1. The predicted molar refractivity (Wildman–Crippen MR) is 110 cm³/mol. The number of amides is 2. The number of rotatable bonds is 6. The molecule has 0 saturated carbocycles. The summed E-state index contributed by atoms with van der Waals surface area (Å²) in [5, 5.41) is 2.88. The number of halogens is 1. The highest BCUT2D eigenvalue weighted by Gasteiger charge is 2.25. The van der Waals surface area contributed by atoms with Crippen LogP contribution in [0.3, 0.4) is 0 Å². The number of nitrogens with one attached hydrogen (secondary N) is 1.